The first-order chi connectivity index (χ1) is 13.6. The fourth-order valence-corrected chi connectivity index (χ4v) is 3.71. The minimum atomic E-state index is -0.104. The van der Waals surface area contributed by atoms with Gasteiger partial charge in [0.1, 0.15) is 5.69 Å². The Labute approximate surface area is 165 Å². The van der Waals surface area contributed by atoms with Gasteiger partial charge in [0.25, 0.3) is 5.91 Å². The van der Waals surface area contributed by atoms with Gasteiger partial charge in [0.15, 0.2) is 0 Å². The lowest BCUT2D eigenvalue weighted by atomic mass is 10.2. The Kier molecular flexibility index (Phi) is 4.82. The molecule has 0 saturated carbocycles. The van der Waals surface area contributed by atoms with E-state index >= 15 is 0 Å². The number of benzene rings is 2. The number of hydrogen-bond donors (Lipinski definition) is 0. The number of aryl methyl sites for hydroxylation is 2. The van der Waals surface area contributed by atoms with Crippen LogP contribution in [0.15, 0.2) is 54.6 Å². The molecule has 5 heteroatoms. The molecule has 0 fully saturated rings. The Morgan fingerprint density at radius 2 is 1.89 bits per heavy atom. The van der Waals surface area contributed by atoms with Gasteiger partial charge in [0.05, 0.1) is 0 Å². The monoisotopic (exact) mass is 372 g/mol. The Morgan fingerprint density at radius 3 is 2.68 bits per heavy atom. The molecular weight excluding hydrogens is 348 g/mol. The van der Waals surface area contributed by atoms with E-state index in [0.717, 1.165) is 35.6 Å². The molecule has 1 aromatic heterocycles. The zero-order chi connectivity index (χ0) is 19.7. The molecule has 0 bridgehead atoms. The van der Waals surface area contributed by atoms with Crippen molar-refractivity contribution in [1.82, 2.24) is 9.97 Å². The summed E-state index contributed by atoms with van der Waals surface area (Å²) in [6, 6.07) is 18.0. The molecule has 1 aliphatic heterocycles. The lowest BCUT2D eigenvalue weighted by Crippen LogP contribution is -2.32. The van der Waals surface area contributed by atoms with Crippen LogP contribution in [-0.4, -0.2) is 29.0 Å². The summed E-state index contributed by atoms with van der Waals surface area (Å²) < 4.78 is 0. The quantitative estimate of drug-likeness (QED) is 0.679. The molecule has 0 spiro atoms. The molecule has 1 aliphatic rings. The van der Waals surface area contributed by atoms with Crippen LogP contribution in [0.25, 0.3) is 0 Å². The maximum atomic E-state index is 13.3. The summed E-state index contributed by atoms with van der Waals surface area (Å²) in [5, 5.41) is 0. The maximum absolute atomic E-state index is 13.3. The van der Waals surface area contributed by atoms with Gasteiger partial charge in [-0.1, -0.05) is 30.3 Å². The molecule has 2 aromatic carbocycles. The summed E-state index contributed by atoms with van der Waals surface area (Å²) in [6.45, 7) is 7.32. The molecule has 0 unspecified atom stereocenters. The average Bonchev–Trinajstić information content (AvgIpc) is 3.12. The van der Waals surface area contributed by atoms with Gasteiger partial charge in [-0.3, -0.25) is 4.79 Å². The van der Waals surface area contributed by atoms with Crippen molar-refractivity contribution in [3.05, 3.63) is 77.1 Å². The van der Waals surface area contributed by atoms with E-state index in [2.05, 4.69) is 33.1 Å². The van der Waals surface area contributed by atoms with Gasteiger partial charge >= 0.3 is 0 Å². The van der Waals surface area contributed by atoms with Crippen molar-refractivity contribution >= 4 is 23.2 Å². The van der Waals surface area contributed by atoms with E-state index < -0.39 is 0 Å². The van der Waals surface area contributed by atoms with Crippen LogP contribution in [0.3, 0.4) is 0 Å². The van der Waals surface area contributed by atoms with Crippen LogP contribution in [0, 0.1) is 13.8 Å². The van der Waals surface area contributed by atoms with Crippen molar-refractivity contribution in [3.63, 3.8) is 0 Å². The second-order valence-corrected chi connectivity index (χ2v) is 7.11. The molecule has 28 heavy (non-hydrogen) atoms. The summed E-state index contributed by atoms with van der Waals surface area (Å²) >= 11 is 0. The van der Waals surface area contributed by atoms with Gasteiger partial charge in [0, 0.05) is 30.2 Å². The van der Waals surface area contributed by atoms with Crippen LogP contribution in [-0.2, 0) is 6.42 Å². The van der Waals surface area contributed by atoms with Crippen LogP contribution in [0.5, 0.6) is 0 Å². The highest BCUT2D eigenvalue weighted by Crippen LogP contribution is 2.32. The Hall–Kier alpha value is -3.21. The smallest absolute Gasteiger partial charge is 0.277 e. The lowest BCUT2D eigenvalue weighted by molar-refractivity contribution is 0.0983. The van der Waals surface area contributed by atoms with Gasteiger partial charge in [-0.15, -0.1) is 0 Å². The second kappa shape index (κ2) is 7.43. The van der Waals surface area contributed by atoms with E-state index in [1.807, 2.05) is 51.1 Å². The highest BCUT2D eigenvalue weighted by molar-refractivity contribution is 6.05. The molecule has 0 N–H and O–H groups in total. The summed E-state index contributed by atoms with van der Waals surface area (Å²) in [5.74, 6) is 0.487. The third kappa shape index (κ3) is 3.36. The van der Waals surface area contributed by atoms with Crippen molar-refractivity contribution in [1.29, 1.82) is 0 Å². The molecule has 142 valence electrons. The van der Waals surface area contributed by atoms with Gasteiger partial charge in [-0.05, 0) is 62.6 Å². The molecule has 0 atom stereocenters. The van der Waals surface area contributed by atoms with Crippen molar-refractivity contribution < 1.29 is 4.79 Å². The second-order valence-electron chi connectivity index (χ2n) is 7.11. The van der Waals surface area contributed by atoms with Crippen molar-refractivity contribution in [2.24, 2.45) is 0 Å². The molecule has 2 heterocycles. The van der Waals surface area contributed by atoms with Gasteiger partial charge in [-0.25, -0.2) is 9.97 Å². The van der Waals surface area contributed by atoms with E-state index in [1.54, 1.807) is 11.0 Å². The van der Waals surface area contributed by atoms with Crippen molar-refractivity contribution in [2.75, 3.05) is 22.9 Å². The Bertz CT molecular complexity index is 1030. The fraction of sp³-hybridized carbons (Fsp3) is 0.261. The number of aromatic nitrogens is 2. The average molecular weight is 372 g/mol. The third-order valence-corrected chi connectivity index (χ3v) is 5.06. The first-order valence-corrected chi connectivity index (χ1v) is 9.66. The Balaban J connectivity index is 1.70. The zero-order valence-corrected chi connectivity index (χ0v) is 16.5. The number of amides is 1. The largest absolute Gasteiger partial charge is 0.310 e. The zero-order valence-electron chi connectivity index (χ0n) is 16.5. The van der Waals surface area contributed by atoms with Crippen LogP contribution < -0.4 is 9.80 Å². The number of para-hydroxylation sites is 1. The van der Waals surface area contributed by atoms with Crippen LogP contribution in [0.1, 0.15) is 34.2 Å². The number of hydrogen-bond acceptors (Lipinski definition) is 4. The first-order valence-electron chi connectivity index (χ1n) is 9.66. The van der Waals surface area contributed by atoms with E-state index in [1.165, 1.54) is 5.56 Å². The summed E-state index contributed by atoms with van der Waals surface area (Å²) in [5.41, 5.74) is 5.63. The highest BCUT2D eigenvalue weighted by atomic mass is 16.2. The topological polar surface area (TPSA) is 49.3 Å². The van der Waals surface area contributed by atoms with E-state index in [4.69, 9.17) is 0 Å². The number of carbonyl (C=O) groups is 1. The SMILES string of the molecule is CCN(C(=O)c1cc(C)nc(N2CCc3ccccc32)n1)c1cccc(C)c1. The predicted octanol–water partition coefficient (Wildman–Crippen LogP) is 4.45. The number of carbonyl (C=O) groups excluding carboxylic acids is 1. The van der Waals surface area contributed by atoms with E-state index in [9.17, 15) is 4.79 Å². The summed E-state index contributed by atoms with van der Waals surface area (Å²) in [6.07, 6.45) is 0.959. The van der Waals surface area contributed by atoms with Crippen LogP contribution >= 0.6 is 0 Å². The predicted molar refractivity (Wildman–Crippen MR) is 112 cm³/mol. The fourth-order valence-electron chi connectivity index (χ4n) is 3.71. The molecule has 4 rings (SSSR count). The van der Waals surface area contributed by atoms with E-state index in [-0.39, 0.29) is 5.91 Å². The third-order valence-electron chi connectivity index (χ3n) is 5.06. The maximum Gasteiger partial charge on any atom is 0.277 e. The van der Waals surface area contributed by atoms with Gasteiger partial charge in [-0.2, -0.15) is 0 Å². The summed E-state index contributed by atoms with van der Waals surface area (Å²) in [4.78, 5) is 26.4. The lowest BCUT2D eigenvalue weighted by Gasteiger charge is -2.23. The standard InChI is InChI=1S/C23H24N4O/c1-4-26(19-10-7-8-16(2)14-19)22(28)20-15-17(3)24-23(25-20)27-13-12-18-9-5-6-11-21(18)27/h5-11,14-15H,4,12-13H2,1-3H3. The number of rotatable bonds is 4. The van der Waals surface area contributed by atoms with Gasteiger partial charge in [0.2, 0.25) is 5.95 Å². The molecule has 1 amide bonds. The molecular formula is C23H24N4O. The molecule has 3 aromatic rings. The van der Waals surface area contributed by atoms with Crippen molar-refractivity contribution in [2.45, 2.75) is 27.2 Å². The molecule has 0 radical (unpaired) electrons. The minimum absolute atomic E-state index is 0.104. The normalized spacial score (nSPS) is 12.8. The molecule has 5 nitrogen and oxygen atoms in total. The number of anilines is 3. The van der Waals surface area contributed by atoms with Gasteiger partial charge < -0.3 is 9.80 Å². The summed E-state index contributed by atoms with van der Waals surface area (Å²) in [7, 11) is 0. The van der Waals surface area contributed by atoms with E-state index in [0.29, 0.717) is 18.2 Å². The minimum Gasteiger partial charge on any atom is -0.310 e. The number of nitrogens with zero attached hydrogens (tertiary/aromatic N) is 4. The van der Waals surface area contributed by atoms with Crippen LogP contribution in [0.4, 0.5) is 17.3 Å². The Morgan fingerprint density at radius 1 is 1.07 bits per heavy atom. The van der Waals surface area contributed by atoms with Crippen LogP contribution in [0.2, 0.25) is 0 Å². The number of fused-ring (bicyclic) bond motifs is 1. The molecule has 0 saturated heterocycles. The highest BCUT2D eigenvalue weighted by Gasteiger charge is 2.25. The molecule has 0 aliphatic carbocycles. The van der Waals surface area contributed by atoms with Crippen molar-refractivity contribution in [3.8, 4) is 0 Å². The first kappa shape index (κ1) is 18.2.